The molecule has 0 aromatic carbocycles. The van der Waals surface area contributed by atoms with Crippen molar-refractivity contribution in [3.8, 4) is 0 Å². The van der Waals surface area contributed by atoms with E-state index in [0.717, 1.165) is 37.2 Å². The SMILES string of the molecule is CCOC1(c2nc(Cl)cc(C(C)C)n2)CCC(C)(C)CC1. The molecule has 0 radical (unpaired) electrons. The van der Waals surface area contributed by atoms with Gasteiger partial charge in [-0.3, -0.25) is 0 Å². The fraction of sp³-hybridized carbons (Fsp3) is 0.765. The third-order valence-electron chi connectivity index (χ3n) is 4.55. The van der Waals surface area contributed by atoms with E-state index in [4.69, 9.17) is 21.3 Å². The van der Waals surface area contributed by atoms with Crippen LogP contribution in [0, 0.1) is 5.41 Å². The van der Waals surface area contributed by atoms with Crippen LogP contribution in [0.4, 0.5) is 0 Å². The largest absolute Gasteiger partial charge is 0.367 e. The Bertz CT molecular complexity index is 490. The summed E-state index contributed by atoms with van der Waals surface area (Å²) in [7, 11) is 0. The van der Waals surface area contributed by atoms with Crippen molar-refractivity contribution in [1.82, 2.24) is 9.97 Å². The monoisotopic (exact) mass is 310 g/mol. The molecule has 0 N–H and O–H groups in total. The normalized spacial score (nSPS) is 20.7. The van der Waals surface area contributed by atoms with Crippen LogP contribution in [0.5, 0.6) is 0 Å². The zero-order valence-corrected chi connectivity index (χ0v) is 14.6. The van der Waals surface area contributed by atoms with Gasteiger partial charge in [-0.1, -0.05) is 39.3 Å². The van der Waals surface area contributed by atoms with E-state index in [1.807, 2.05) is 13.0 Å². The average Bonchev–Trinajstić information content (AvgIpc) is 2.41. The topological polar surface area (TPSA) is 35.0 Å². The molecule has 1 saturated carbocycles. The van der Waals surface area contributed by atoms with E-state index < -0.39 is 0 Å². The highest BCUT2D eigenvalue weighted by Crippen LogP contribution is 2.46. The van der Waals surface area contributed by atoms with E-state index >= 15 is 0 Å². The van der Waals surface area contributed by atoms with Crippen LogP contribution in [0.15, 0.2) is 6.07 Å². The molecular weight excluding hydrogens is 284 g/mol. The molecule has 1 aliphatic rings. The Kier molecular flexibility index (Phi) is 4.94. The molecule has 4 heteroatoms. The molecule has 0 unspecified atom stereocenters. The standard InChI is InChI=1S/C17H27ClN2O/c1-6-21-17(9-7-16(4,5)8-10-17)15-19-13(12(2)3)11-14(18)20-15/h11-12H,6-10H2,1-5H3. The Balaban J connectivity index is 2.39. The third kappa shape index (κ3) is 3.75. The van der Waals surface area contributed by atoms with Crippen LogP contribution in [0.25, 0.3) is 0 Å². The van der Waals surface area contributed by atoms with Gasteiger partial charge in [0, 0.05) is 12.3 Å². The highest BCUT2D eigenvalue weighted by Gasteiger charge is 2.42. The molecule has 2 rings (SSSR count). The number of ether oxygens (including phenoxy) is 1. The second-order valence-electron chi connectivity index (χ2n) is 7.19. The van der Waals surface area contributed by atoms with Gasteiger partial charge in [0.05, 0.1) is 0 Å². The Labute approximate surface area is 133 Å². The second-order valence-corrected chi connectivity index (χ2v) is 7.57. The first kappa shape index (κ1) is 16.7. The van der Waals surface area contributed by atoms with Crippen LogP contribution in [0.2, 0.25) is 5.15 Å². The quantitative estimate of drug-likeness (QED) is 0.727. The molecule has 21 heavy (non-hydrogen) atoms. The van der Waals surface area contributed by atoms with Crippen LogP contribution in [0.3, 0.4) is 0 Å². The fourth-order valence-corrected chi connectivity index (χ4v) is 3.17. The Morgan fingerprint density at radius 3 is 2.33 bits per heavy atom. The van der Waals surface area contributed by atoms with Gasteiger partial charge < -0.3 is 4.74 Å². The maximum absolute atomic E-state index is 6.22. The maximum Gasteiger partial charge on any atom is 0.162 e. The first-order chi connectivity index (χ1) is 9.78. The summed E-state index contributed by atoms with van der Waals surface area (Å²) in [6.07, 6.45) is 4.18. The molecule has 118 valence electrons. The smallest absolute Gasteiger partial charge is 0.162 e. The van der Waals surface area contributed by atoms with Crippen molar-refractivity contribution < 1.29 is 4.74 Å². The van der Waals surface area contributed by atoms with Gasteiger partial charge in [-0.25, -0.2) is 9.97 Å². The number of hydrogen-bond acceptors (Lipinski definition) is 3. The zero-order chi connectivity index (χ0) is 15.7. The van der Waals surface area contributed by atoms with Gasteiger partial charge in [-0.15, -0.1) is 0 Å². The lowest BCUT2D eigenvalue weighted by Crippen LogP contribution is -2.39. The van der Waals surface area contributed by atoms with Gasteiger partial charge >= 0.3 is 0 Å². The number of halogens is 1. The molecule has 0 atom stereocenters. The minimum atomic E-state index is -0.362. The molecule has 1 aliphatic carbocycles. The predicted octanol–water partition coefficient (Wildman–Crippen LogP) is 5.09. The summed E-state index contributed by atoms with van der Waals surface area (Å²) in [5, 5.41) is 0.521. The first-order valence-electron chi connectivity index (χ1n) is 7.97. The molecule has 0 spiro atoms. The van der Waals surface area contributed by atoms with Gasteiger partial charge in [0.2, 0.25) is 0 Å². The van der Waals surface area contributed by atoms with E-state index in [-0.39, 0.29) is 5.60 Å². The average molecular weight is 311 g/mol. The highest BCUT2D eigenvalue weighted by molar-refractivity contribution is 6.29. The molecule has 0 saturated heterocycles. The predicted molar refractivity (Wildman–Crippen MR) is 86.7 cm³/mol. The molecule has 1 aromatic heterocycles. The molecule has 0 bridgehead atoms. The molecule has 0 amide bonds. The molecule has 1 heterocycles. The van der Waals surface area contributed by atoms with Gasteiger partial charge in [0.25, 0.3) is 0 Å². The number of aromatic nitrogens is 2. The lowest BCUT2D eigenvalue weighted by atomic mass is 9.70. The Morgan fingerprint density at radius 1 is 1.19 bits per heavy atom. The zero-order valence-electron chi connectivity index (χ0n) is 13.9. The second kappa shape index (κ2) is 6.21. The summed E-state index contributed by atoms with van der Waals surface area (Å²) in [6.45, 7) is 11.6. The number of rotatable bonds is 4. The van der Waals surface area contributed by atoms with Crippen molar-refractivity contribution in [3.05, 3.63) is 22.7 Å². The molecular formula is C17H27ClN2O. The number of nitrogens with zero attached hydrogens (tertiary/aromatic N) is 2. The first-order valence-corrected chi connectivity index (χ1v) is 8.35. The third-order valence-corrected chi connectivity index (χ3v) is 4.74. The van der Waals surface area contributed by atoms with Crippen molar-refractivity contribution in [2.45, 2.75) is 71.8 Å². The van der Waals surface area contributed by atoms with E-state index in [2.05, 4.69) is 32.7 Å². The molecule has 1 aromatic rings. The summed E-state index contributed by atoms with van der Waals surface area (Å²) in [6, 6.07) is 1.86. The minimum Gasteiger partial charge on any atom is -0.367 e. The van der Waals surface area contributed by atoms with E-state index in [1.165, 1.54) is 0 Å². The maximum atomic E-state index is 6.22. The van der Waals surface area contributed by atoms with Crippen molar-refractivity contribution in [2.75, 3.05) is 6.61 Å². The van der Waals surface area contributed by atoms with Gasteiger partial charge in [0.1, 0.15) is 10.8 Å². The van der Waals surface area contributed by atoms with Crippen LogP contribution < -0.4 is 0 Å². The van der Waals surface area contributed by atoms with Gasteiger partial charge in [-0.05, 0) is 50.0 Å². The lowest BCUT2D eigenvalue weighted by Gasteiger charge is -2.42. The van der Waals surface area contributed by atoms with Crippen LogP contribution in [-0.2, 0) is 10.3 Å². The minimum absolute atomic E-state index is 0.336. The van der Waals surface area contributed by atoms with Gasteiger partial charge in [0.15, 0.2) is 5.82 Å². The summed E-state index contributed by atoms with van der Waals surface area (Å²) < 4.78 is 6.16. The lowest BCUT2D eigenvalue weighted by molar-refractivity contribution is -0.0949. The van der Waals surface area contributed by atoms with Crippen molar-refractivity contribution in [2.24, 2.45) is 5.41 Å². The highest BCUT2D eigenvalue weighted by atomic mass is 35.5. The van der Waals surface area contributed by atoms with Gasteiger partial charge in [-0.2, -0.15) is 0 Å². The van der Waals surface area contributed by atoms with Crippen molar-refractivity contribution in [3.63, 3.8) is 0 Å². The molecule has 1 fully saturated rings. The summed E-state index contributed by atoms with van der Waals surface area (Å²) in [4.78, 5) is 9.28. The molecule has 0 aliphatic heterocycles. The summed E-state index contributed by atoms with van der Waals surface area (Å²) in [5.41, 5.74) is 1.01. The van der Waals surface area contributed by atoms with Crippen LogP contribution >= 0.6 is 11.6 Å². The van der Waals surface area contributed by atoms with Crippen LogP contribution in [0.1, 0.15) is 77.7 Å². The fourth-order valence-electron chi connectivity index (χ4n) is 2.97. The summed E-state index contributed by atoms with van der Waals surface area (Å²) >= 11 is 6.22. The van der Waals surface area contributed by atoms with E-state index in [1.54, 1.807) is 0 Å². The summed E-state index contributed by atoms with van der Waals surface area (Å²) in [5.74, 6) is 1.11. The van der Waals surface area contributed by atoms with E-state index in [9.17, 15) is 0 Å². The van der Waals surface area contributed by atoms with Crippen LogP contribution in [-0.4, -0.2) is 16.6 Å². The Hall–Kier alpha value is -0.670. The molecule has 3 nitrogen and oxygen atoms in total. The van der Waals surface area contributed by atoms with Crippen molar-refractivity contribution >= 4 is 11.6 Å². The Morgan fingerprint density at radius 2 is 1.81 bits per heavy atom. The number of hydrogen-bond donors (Lipinski definition) is 0. The van der Waals surface area contributed by atoms with E-state index in [0.29, 0.717) is 23.1 Å². The van der Waals surface area contributed by atoms with Crippen molar-refractivity contribution in [1.29, 1.82) is 0 Å².